The van der Waals surface area contributed by atoms with E-state index in [9.17, 15) is 4.79 Å². The maximum Gasteiger partial charge on any atom is 0.253 e. The van der Waals surface area contributed by atoms with Gasteiger partial charge in [-0.3, -0.25) is 10.2 Å². The monoisotopic (exact) mass is 333 g/mol. The van der Waals surface area contributed by atoms with Gasteiger partial charge in [-0.25, -0.2) is 4.98 Å². The molecule has 1 aliphatic rings. The molecule has 1 aromatic heterocycles. The smallest absolute Gasteiger partial charge is 0.253 e. The SMILES string of the molecule is N=C(c1nc2ccc(C(=O)N3CCCC3)cc2[nH]1)c1ccccc1N. The molecule has 1 aliphatic heterocycles. The third-order valence-electron chi connectivity index (χ3n) is 4.59. The summed E-state index contributed by atoms with van der Waals surface area (Å²) in [5, 5.41) is 8.37. The summed E-state index contributed by atoms with van der Waals surface area (Å²) in [5.74, 6) is 0.497. The zero-order valence-electron chi connectivity index (χ0n) is 13.7. The zero-order valence-corrected chi connectivity index (χ0v) is 13.7. The first kappa shape index (κ1) is 15.4. The Balaban J connectivity index is 1.67. The molecule has 0 atom stereocenters. The fourth-order valence-corrected chi connectivity index (χ4v) is 3.22. The number of H-pyrrole nitrogens is 1. The number of carbonyl (C=O) groups excluding carboxylic acids is 1. The molecule has 25 heavy (non-hydrogen) atoms. The molecule has 6 heteroatoms. The number of nitrogens with one attached hydrogen (secondary N) is 2. The van der Waals surface area contributed by atoms with E-state index in [1.165, 1.54) is 0 Å². The molecule has 0 bridgehead atoms. The molecule has 126 valence electrons. The summed E-state index contributed by atoms with van der Waals surface area (Å²) >= 11 is 0. The summed E-state index contributed by atoms with van der Waals surface area (Å²) in [4.78, 5) is 22.0. The lowest BCUT2D eigenvalue weighted by atomic mass is 10.1. The van der Waals surface area contributed by atoms with E-state index in [4.69, 9.17) is 11.1 Å². The molecule has 6 nitrogen and oxygen atoms in total. The Bertz CT molecular complexity index is 969. The molecule has 0 unspecified atom stereocenters. The maximum atomic E-state index is 12.5. The lowest BCUT2D eigenvalue weighted by Crippen LogP contribution is -2.27. The van der Waals surface area contributed by atoms with Gasteiger partial charge in [-0.2, -0.15) is 0 Å². The minimum atomic E-state index is 0.0536. The van der Waals surface area contributed by atoms with Gasteiger partial charge in [-0.05, 0) is 37.1 Å². The van der Waals surface area contributed by atoms with E-state index < -0.39 is 0 Å². The van der Waals surface area contributed by atoms with Crippen molar-refractivity contribution >= 4 is 28.3 Å². The second kappa shape index (κ2) is 6.05. The van der Waals surface area contributed by atoms with Crippen molar-refractivity contribution in [2.24, 2.45) is 0 Å². The van der Waals surface area contributed by atoms with Crippen LogP contribution in [0.1, 0.15) is 34.6 Å². The molecule has 0 radical (unpaired) electrons. The number of benzene rings is 2. The maximum absolute atomic E-state index is 12.5. The van der Waals surface area contributed by atoms with Crippen molar-refractivity contribution in [2.45, 2.75) is 12.8 Å². The van der Waals surface area contributed by atoms with Gasteiger partial charge in [-0.1, -0.05) is 18.2 Å². The fraction of sp³-hybridized carbons (Fsp3) is 0.211. The van der Waals surface area contributed by atoms with Gasteiger partial charge >= 0.3 is 0 Å². The summed E-state index contributed by atoms with van der Waals surface area (Å²) in [5.41, 5.74) is 9.49. The molecular weight excluding hydrogens is 314 g/mol. The van der Waals surface area contributed by atoms with Crippen LogP contribution in [0, 0.1) is 5.41 Å². The third kappa shape index (κ3) is 2.76. The predicted octanol–water partition coefficient (Wildman–Crippen LogP) is 2.80. The molecule has 3 aromatic rings. The molecule has 4 N–H and O–H groups in total. The van der Waals surface area contributed by atoms with Crippen molar-refractivity contribution < 1.29 is 4.79 Å². The van der Waals surface area contributed by atoms with Gasteiger partial charge in [0.1, 0.15) is 5.71 Å². The topological polar surface area (TPSA) is 98.9 Å². The Hall–Kier alpha value is -3.15. The summed E-state index contributed by atoms with van der Waals surface area (Å²) in [6.45, 7) is 1.64. The third-order valence-corrected chi connectivity index (χ3v) is 4.59. The quantitative estimate of drug-likeness (QED) is 0.507. The van der Waals surface area contributed by atoms with E-state index in [-0.39, 0.29) is 11.6 Å². The Labute approximate surface area is 145 Å². The van der Waals surface area contributed by atoms with Crippen LogP contribution in [-0.4, -0.2) is 39.6 Å². The summed E-state index contributed by atoms with van der Waals surface area (Å²) in [6.07, 6.45) is 2.13. The standard InChI is InChI=1S/C19H19N5O/c20-14-6-2-1-5-13(14)17(21)18-22-15-8-7-12(11-16(15)23-18)19(25)24-9-3-4-10-24/h1-2,5-8,11,21H,3-4,9-10,20H2,(H,22,23). The number of amides is 1. The van der Waals surface area contributed by atoms with Crippen LogP contribution in [0.2, 0.25) is 0 Å². The number of nitrogens with zero attached hydrogens (tertiary/aromatic N) is 2. The number of aromatic nitrogens is 2. The second-order valence-electron chi connectivity index (χ2n) is 6.28. The average Bonchev–Trinajstić information content (AvgIpc) is 3.30. The van der Waals surface area contributed by atoms with E-state index in [0.29, 0.717) is 22.6 Å². The first-order chi connectivity index (χ1) is 12.1. The molecule has 1 saturated heterocycles. The van der Waals surface area contributed by atoms with Crippen LogP contribution in [-0.2, 0) is 0 Å². The molecule has 0 spiro atoms. The van der Waals surface area contributed by atoms with Gasteiger partial charge in [0.15, 0.2) is 5.82 Å². The number of imidazole rings is 1. The summed E-state index contributed by atoms with van der Waals surface area (Å²) in [6, 6.07) is 12.7. The number of likely N-dealkylation sites (tertiary alicyclic amines) is 1. The Morgan fingerprint density at radius 2 is 1.92 bits per heavy atom. The highest BCUT2D eigenvalue weighted by molar-refractivity contribution is 6.12. The number of carbonyl (C=O) groups is 1. The van der Waals surface area contributed by atoms with Crippen LogP contribution in [0.15, 0.2) is 42.5 Å². The van der Waals surface area contributed by atoms with Gasteiger partial charge in [0.2, 0.25) is 0 Å². The lowest BCUT2D eigenvalue weighted by molar-refractivity contribution is 0.0793. The van der Waals surface area contributed by atoms with Gasteiger partial charge in [0.05, 0.1) is 11.0 Å². The first-order valence-corrected chi connectivity index (χ1v) is 8.36. The average molecular weight is 333 g/mol. The van der Waals surface area contributed by atoms with E-state index in [1.807, 2.05) is 29.2 Å². The molecular formula is C19H19N5O. The Morgan fingerprint density at radius 1 is 1.16 bits per heavy atom. The van der Waals surface area contributed by atoms with Gasteiger partial charge in [0.25, 0.3) is 5.91 Å². The van der Waals surface area contributed by atoms with E-state index >= 15 is 0 Å². The Morgan fingerprint density at radius 3 is 2.68 bits per heavy atom. The normalized spacial score (nSPS) is 14.2. The predicted molar refractivity (Wildman–Crippen MR) is 98.0 cm³/mol. The summed E-state index contributed by atoms with van der Waals surface area (Å²) < 4.78 is 0. The highest BCUT2D eigenvalue weighted by Gasteiger charge is 2.20. The number of nitrogens with two attached hydrogens (primary N) is 1. The molecule has 4 rings (SSSR count). The van der Waals surface area contributed by atoms with Crippen LogP contribution in [0.3, 0.4) is 0 Å². The van der Waals surface area contributed by atoms with Crippen molar-refractivity contribution in [3.63, 3.8) is 0 Å². The van der Waals surface area contributed by atoms with Crippen LogP contribution < -0.4 is 5.73 Å². The van der Waals surface area contributed by atoms with Crippen molar-refractivity contribution in [2.75, 3.05) is 18.8 Å². The van der Waals surface area contributed by atoms with Gasteiger partial charge < -0.3 is 15.6 Å². The molecule has 1 fully saturated rings. The Kier molecular flexibility index (Phi) is 3.72. The van der Waals surface area contributed by atoms with E-state index in [1.54, 1.807) is 18.2 Å². The molecule has 2 aromatic carbocycles. The van der Waals surface area contributed by atoms with Gasteiger partial charge in [-0.15, -0.1) is 0 Å². The van der Waals surface area contributed by atoms with E-state index in [2.05, 4.69) is 9.97 Å². The fourth-order valence-electron chi connectivity index (χ4n) is 3.22. The van der Waals surface area contributed by atoms with Crippen molar-refractivity contribution in [1.82, 2.24) is 14.9 Å². The number of hydrogen-bond acceptors (Lipinski definition) is 4. The summed E-state index contributed by atoms with van der Waals surface area (Å²) in [7, 11) is 0. The number of hydrogen-bond donors (Lipinski definition) is 3. The van der Waals surface area contributed by atoms with Crippen molar-refractivity contribution in [1.29, 1.82) is 5.41 Å². The zero-order chi connectivity index (χ0) is 17.4. The van der Waals surface area contributed by atoms with Crippen LogP contribution in [0.4, 0.5) is 5.69 Å². The molecule has 1 amide bonds. The minimum Gasteiger partial charge on any atom is -0.398 e. The van der Waals surface area contributed by atoms with Crippen LogP contribution in [0.5, 0.6) is 0 Å². The highest BCUT2D eigenvalue weighted by atomic mass is 16.2. The van der Waals surface area contributed by atoms with Gasteiger partial charge in [0, 0.05) is 29.9 Å². The van der Waals surface area contributed by atoms with Crippen molar-refractivity contribution in [3.8, 4) is 0 Å². The number of para-hydroxylation sites is 1. The van der Waals surface area contributed by atoms with Crippen LogP contribution >= 0.6 is 0 Å². The van der Waals surface area contributed by atoms with E-state index in [0.717, 1.165) is 37.0 Å². The first-order valence-electron chi connectivity index (χ1n) is 8.36. The lowest BCUT2D eigenvalue weighted by Gasteiger charge is -2.14. The van der Waals surface area contributed by atoms with Crippen molar-refractivity contribution in [3.05, 3.63) is 59.4 Å². The number of aromatic amines is 1. The number of fused-ring (bicyclic) bond motifs is 1. The number of rotatable bonds is 3. The highest BCUT2D eigenvalue weighted by Crippen LogP contribution is 2.20. The molecule has 0 saturated carbocycles. The number of anilines is 1. The van der Waals surface area contributed by atoms with Crippen LogP contribution in [0.25, 0.3) is 11.0 Å². The molecule has 2 heterocycles. The minimum absolute atomic E-state index is 0.0536. The largest absolute Gasteiger partial charge is 0.398 e. The molecule has 0 aliphatic carbocycles. The number of nitrogen functional groups attached to an aromatic ring is 1. The second-order valence-corrected chi connectivity index (χ2v) is 6.28.